The van der Waals surface area contributed by atoms with Gasteiger partial charge >= 0.3 is 0 Å². The molecule has 0 aromatic carbocycles. The molecule has 1 N–H and O–H groups in total. The van der Waals surface area contributed by atoms with Crippen molar-refractivity contribution in [2.45, 2.75) is 26.3 Å². The van der Waals surface area contributed by atoms with Crippen molar-refractivity contribution in [2.24, 2.45) is 0 Å². The minimum absolute atomic E-state index is 0.640. The van der Waals surface area contributed by atoms with Crippen molar-refractivity contribution in [3.63, 3.8) is 0 Å². The molecule has 1 aliphatic heterocycles. The molecular weight excluding hydrogens is 206 g/mol. The van der Waals surface area contributed by atoms with Crippen LogP contribution in [-0.4, -0.2) is 42.1 Å². The molecule has 15 heavy (non-hydrogen) atoms. The van der Waals surface area contributed by atoms with E-state index in [4.69, 9.17) is 0 Å². The molecule has 0 amide bonds. The summed E-state index contributed by atoms with van der Waals surface area (Å²) in [7, 11) is 0. The summed E-state index contributed by atoms with van der Waals surface area (Å²) in [6.07, 6.45) is 1.16. The van der Waals surface area contributed by atoms with Crippen LogP contribution < -0.4 is 5.32 Å². The van der Waals surface area contributed by atoms with Gasteiger partial charge in [-0.3, -0.25) is 0 Å². The second-order valence-corrected chi connectivity index (χ2v) is 5.21. The fourth-order valence-electron chi connectivity index (χ4n) is 2.04. The van der Waals surface area contributed by atoms with E-state index in [0.717, 1.165) is 13.0 Å². The van der Waals surface area contributed by atoms with Crippen LogP contribution in [0.5, 0.6) is 0 Å². The van der Waals surface area contributed by atoms with Crippen molar-refractivity contribution in [2.75, 3.05) is 26.2 Å². The predicted octanol–water partition coefficient (Wildman–Crippen LogP) is 1.29. The van der Waals surface area contributed by atoms with Gasteiger partial charge in [0.15, 0.2) is 0 Å². The number of piperazine rings is 1. The zero-order valence-electron chi connectivity index (χ0n) is 9.49. The summed E-state index contributed by atoms with van der Waals surface area (Å²) in [5.41, 5.74) is 3.16. The molecule has 84 valence electrons. The molecule has 3 nitrogen and oxygen atoms in total. The fourth-order valence-corrected chi connectivity index (χ4v) is 2.81. The fraction of sp³-hybridized carbons (Fsp3) is 0.727. The van der Waals surface area contributed by atoms with Gasteiger partial charge in [0, 0.05) is 37.1 Å². The number of nitrogens with zero attached hydrogens (tertiary/aromatic N) is 2. The van der Waals surface area contributed by atoms with Gasteiger partial charge in [0.05, 0.1) is 11.2 Å². The third-order valence-electron chi connectivity index (χ3n) is 2.95. The summed E-state index contributed by atoms with van der Waals surface area (Å²) in [5, 5.41) is 3.47. The Bertz CT molecular complexity index is 311. The van der Waals surface area contributed by atoms with Gasteiger partial charge in [-0.2, -0.15) is 0 Å². The van der Waals surface area contributed by atoms with E-state index in [2.05, 4.69) is 29.0 Å². The first-order valence-electron chi connectivity index (χ1n) is 5.60. The predicted molar refractivity (Wildman–Crippen MR) is 64.5 cm³/mol. The third kappa shape index (κ3) is 3.00. The zero-order valence-corrected chi connectivity index (χ0v) is 10.3. The van der Waals surface area contributed by atoms with Gasteiger partial charge in [-0.05, 0) is 20.3 Å². The van der Waals surface area contributed by atoms with Gasteiger partial charge in [-0.15, -0.1) is 11.3 Å². The molecule has 1 fully saturated rings. The number of hydrogen-bond donors (Lipinski definition) is 1. The highest BCUT2D eigenvalue weighted by molar-refractivity contribution is 7.09. The summed E-state index contributed by atoms with van der Waals surface area (Å²) < 4.78 is 0. The van der Waals surface area contributed by atoms with E-state index in [1.165, 1.54) is 30.2 Å². The van der Waals surface area contributed by atoms with E-state index in [9.17, 15) is 0 Å². The minimum atomic E-state index is 0.640. The molecule has 0 unspecified atom stereocenters. The Labute approximate surface area is 95.5 Å². The Kier molecular flexibility index (Phi) is 3.72. The average molecular weight is 225 g/mol. The highest BCUT2D eigenvalue weighted by atomic mass is 32.1. The number of rotatable bonds is 3. The maximum atomic E-state index is 4.28. The maximum absolute atomic E-state index is 4.28. The molecule has 1 aromatic rings. The monoisotopic (exact) mass is 225 g/mol. The van der Waals surface area contributed by atoms with Crippen molar-refractivity contribution >= 4 is 11.3 Å². The molecule has 1 saturated heterocycles. The lowest BCUT2D eigenvalue weighted by atomic mass is 10.2. The molecule has 2 rings (SSSR count). The van der Waals surface area contributed by atoms with Crippen molar-refractivity contribution in [3.8, 4) is 0 Å². The van der Waals surface area contributed by atoms with Crippen LogP contribution in [0.15, 0.2) is 5.51 Å². The van der Waals surface area contributed by atoms with Crippen LogP contribution in [0, 0.1) is 6.92 Å². The molecule has 0 radical (unpaired) electrons. The standard InChI is InChI=1S/C11H19N3S/c1-9-7-14(6-4-12-9)5-3-11-10(2)13-8-15-11/h8-9,12H,3-7H2,1-2H3/t9-/m1/s1. The first-order chi connectivity index (χ1) is 7.25. The van der Waals surface area contributed by atoms with Crippen LogP contribution >= 0.6 is 11.3 Å². The summed E-state index contributed by atoms with van der Waals surface area (Å²) in [5.74, 6) is 0. The van der Waals surface area contributed by atoms with Crippen LogP contribution in [0.2, 0.25) is 0 Å². The number of aromatic nitrogens is 1. The number of nitrogens with one attached hydrogen (secondary N) is 1. The topological polar surface area (TPSA) is 28.2 Å². The van der Waals surface area contributed by atoms with Gasteiger partial charge in [0.25, 0.3) is 0 Å². The first kappa shape index (κ1) is 11.0. The average Bonchev–Trinajstić information content (AvgIpc) is 2.61. The molecule has 1 aliphatic rings. The number of thiazole rings is 1. The van der Waals surface area contributed by atoms with Crippen molar-refractivity contribution in [1.29, 1.82) is 0 Å². The lowest BCUT2D eigenvalue weighted by molar-refractivity contribution is 0.209. The van der Waals surface area contributed by atoms with Gasteiger partial charge < -0.3 is 10.2 Å². The van der Waals surface area contributed by atoms with Crippen LogP contribution in [0.25, 0.3) is 0 Å². The molecule has 0 spiro atoms. The largest absolute Gasteiger partial charge is 0.312 e. The van der Waals surface area contributed by atoms with E-state index in [1.54, 1.807) is 11.3 Å². The zero-order chi connectivity index (χ0) is 10.7. The quantitative estimate of drug-likeness (QED) is 0.840. The van der Waals surface area contributed by atoms with Crippen LogP contribution in [0.1, 0.15) is 17.5 Å². The second kappa shape index (κ2) is 5.05. The molecule has 1 aromatic heterocycles. The summed E-state index contributed by atoms with van der Waals surface area (Å²) in [6, 6.07) is 0.640. The van der Waals surface area contributed by atoms with Crippen LogP contribution in [0.4, 0.5) is 0 Å². The van der Waals surface area contributed by atoms with E-state index in [-0.39, 0.29) is 0 Å². The van der Waals surface area contributed by atoms with E-state index in [0.29, 0.717) is 6.04 Å². The molecular formula is C11H19N3S. The molecule has 0 saturated carbocycles. The van der Waals surface area contributed by atoms with Crippen molar-refractivity contribution in [1.82, 2.24) is 15.2 Å². The van der Waals surface area contributed by atoms with Crippen LogP contribution in [-0.2, 0) is 6.42 Å². The van der Waals surface area contributed by atoms with E-state index >= 15 is 0 Å². The van der Waals surface area contributed by atoms with Crippen molar-refractivity contribution < 1.29 is 0 Å². The Balaban J connectivity index is 1.80. The third-order valence-corrected chi connectivity index (χ3v) is 3.95. The molecule has 1 atom stereocenters. The highest BCUT2D eigenvalue weighted by Gasteiger charge is 2.15. The van der Waals surface area contributed by atoms with Crippen LogP contribution in [0.3, 0.4) is 0 Å². The molecule has 0 aliphatic carbocycles. The van der Waals surface area contributed by atoms with Gasteiger partial charge in [0.2, 0.25) is 0 Å². The highest BCUT2D eigenvalue weighted by Crippen LogP contribution is 2.13. The molecule has 0 bridgehead atoms. The summed E-state index contributed by atoms with van der Waals surface area (Å²) in [6.45, 7) is 9.02. The molecule has 2 heterocycles. The Hall–Kier alpha value is -0.450. The molecule has 4 heteroatoms. The SMILES string of the molecule is Cc1ncsc1CCN1CCN[C@H](C)C1. The van der Waals surface area contributed by atoms with Crippen molar-refractivity contribution in [3.05, 3.63) is 16.1 Å². The lowest BCUT2D eigenvalue weighted by Gasteiger charge is -2.31. The van der Waals surface area contributed by atoms with Gasteiger partial charge in [0.1, 0.15) is 0 Å². The summed E-state index contributed by atoms with van der Waals surface area (Å²) >= 11 is 1.79. The smallest absolute Gasteiger partial charge is 0.0797 e. The Morgan fingerprint density at radius 2 is 2.53 bits per heavy atom. The Morgan fingerprint density at radius 1 is 1.67 bits per heavy atom. The Morgan fingerprint density at radius 3 is 3.20 bits per heavy atom. The summed E-state index contributed by atoms with van der Waals surface area (Å²) in [4.78, 5) is 8.27. The lowest BCUT2D eigenvalue weighted by Crippen LogP contribution is -2.49. The van der Waals surface area contributed by atoms with E-state index < -0.39 is 0 Å². The first-order valence-corrected chi connectivity index (χ1v) is 6.48. The normalized spacial score (nSPS) is 23.2. The van der Waals surface area contributed by atoms with Gasteiger partial charge in [-0.1, -0.05) is 0 Å². The van der Waals surface area contributed by atoms with Gasteiger partial charge in [-0.25, -0.2) is 4.98 Å². The number of aryl methyl sites for hydroxylation is 1. The number of hydrogen-bond acceptors (Lipinski definition) is 4. The minimum Gasteiger partial charge on any atom is -0.312 e. The second-order valence-electron chi connectivity index (χ2n) is 4.27. The van der Waals surface area contributed by atoms with E-state index in [1.807, 2.05) is 5.51 Å². The maximum Gasteiger partial charge on any atom is 0.0797 e.